The van der Waals surface area contributed by atoms with Crippen LogP contribution in [0.3, 0.4) is 0 Å². The van der Waals surface area contributed by atoms with Gasteiger partial charge >= 0.3 is 6.09 Å². The molecule has 0 saturated carbocycles. The van der Waals surface area contributed by atoms with E-state index in [2.05, 4.69) is 17.0 Å². The minimum atomic E-state index is -0.257. The van der Waals surface area contributed by atoms with E-state index in [1.807, 2.05) is 30.3 Å². The number of rotatable bonds is 4. The maximum Gasteiger partial charge on any atom is 0.414 e. The van der Waals surface area contributed by atoms with Gasteiger partial charge in [0.05, 0.1) is 25.9 Å². The summed E-state index contributed by atoms with van der Waals surface area (Å²) in [5.74, 6) is 1.65. The van der Waals surface area contributed by atoms with Crippen LogP contribution in [0.15, 0.2) is 42.5 Å². The van der Waals surface area contributed by atoms with Crippen LogP contribution >= 0.6 is 0 Å². The van der Waals surface area contributed by atoms with Gasteiger partial charge in [0.15, 0.2) is 0 Å². The highest BCUT2D eigenvalue weighted by atomic mass is 16.6. The number of fused-ring (bicyclic) bond motifs is 3. The monoisotopic (exact) mass is 368 g/mol. The first-order valence-corrected chi connectivity index (χ1v) is 9.16. The normalized spacial score (nSPS) is 19.6. The average Bonchev–Trinajstić information content (AvgIpc) is 3.04. The van der Waals surface area contributed by atoms with Crippen molar-refractivity contribution in [2.24, 2.45) is 0 Å². The number of hydrogen-bond donors (Lipinski definition) is 0. The molecule has 1 amide bonds. The summed E-state index contributed by atoms with van der Waals surface area (Å²) in [7, 11) is 3.34. The van der Waals surface area contributed by atoms with Gasteiger partial charge in [-0.2, -0.15) is 0 Å². The molecule has 2 aromatic rings. The van der Waals surface area contributed by atoms with Gasteiger partial charge in [0.2, 0.25) is 0 Å². The Morgan fingerprint density at radius 1 is 1.11 bits per heavy atom. The molecule has 2 aromatic carbocycles. The van der Waals surface area contributed by atoms with E-state index < -0.39 is 0 Å². The summed E-state index contributed by atoms with van der Waals surface area (Å²) in [6.45, 7) is 2.87. The predicted molar refractivity (Wildman–Crippen MR) is 102 cm³/mol. The van der Waals surface area contributed by atoms with Crippen molar-refractivity contribution in [3.05, 3.63) is 53.6 Å². The van der Waals surface area contributed by atoms with E-state index >= 15 is 0 Å². The van der Waals surface area contributed by atoms with Crippen molar-refractivity contribution in [3.63, 3.8) is 0 Å². The third-order valence-electron chi connectivity index (χ3n) is 5.22. The first-order valence-electron chi connectivity index (χ1n) is 9.16. The van der Waals surface area contributed by atoms with Crippen molar-refractivity contribution in [2.45, 2.75) is 25.6 Å². The van der Waals surface area contributed by atoms with E-state index in [1.165, 1.54) is 5.56 Å². The van der Waals surface area contributed by atoms with E-state index in [-0.39, 0.29) is 12.1 Å². The molecule has 2 aliphatic rings. The van der Waals surface area contributed by atoms with Crippen LogP contribution in [0.4, 0.5) is 10.5 Å². The number of amides is 1. The van der Waals surface area contributed by atoms with Crippen molar-refractivity contribution in [2.75, 3.05) is 32.3 Å². The highest BCUT2D eigenvalue weighted by Crippen LogP contribution is 2.34. The van der Waals surface area contributed by atoms with Gasteiger partial charge in [-0.25, -0.2) is 4.79 Å². The lowest BCUT2D eigenvalue weighted by atomic mass is 10.0. The van der Waals surface area contributed by atoms with E-state index in [9.17, 15) is 4.79 Å². The summed E-state index contributed by atoms with van der Waals surface area (Å²) in [5, 5.41) is 0. The minimum absolute atomic E-state index is 0.0674. The molecular weight excluding hydrogens is 344 g/mol. The quantitative estimate of drug-likeness (QED) is 0.828. The number of carbonyl (C=O) groups excluding carboxylic acids is 1. The minimum Gasteiger partial charge on any atom is -0.497 e. The van der Waals surface area contributed by atoms with Crippen molar-refractivity contribution < 1.29 is 19.0 Å². The summed E-state index contributed by atoms with van der Waals surface area (Å²) in [4.78, 5) is 16.5. The number of methoxy groups -OCH3 is 2. The van der Waals surface area contributed by atoms with Crippen LogP contribution in [-0.4, -0.2) is 44.4 Å². The predicted octanol–water partition coefficient (Wildman–Crippen LogP) is 3.43. The highest BCUT2D eigenvalue weighted by molar-refractivity contribution is 5.91. The van der Waals surface area contributed by atoms with Crippen molar-refractivity contribution in [1.29, 1.82) is 0 Å². The molecular formula is C21H24N2O4. The van der Waals surface area contributed by atoms with Crippen LogP contribution in [0.5, 0.6) is 11.5 Å². The van der Waals surface area contributed by atoms with Crippen LogP contribution in [-0.2, 0) is 17.8 Å². The number of cyclic esters (lactones) is 1. The van der Waals surface area contributed by atoms with Gasteiger partial charge in [-0.05, 0) is 47.9 Å². The summed E-state index contributed by atoms with van der Waals surface area (Å²) < 4.78 is 16.1. The molecule has 6 nitrogen and oxygen atoms in total. The smallest absolute Gasteiger partial charge is 0.414 e. The fraction of sp³-hybridized carbons (Fsp3) is 0.381. The second-order valence-electron chi connectivity index (χ2n) is 6.95. The van der Waals surface area contributed by atoms with Crippen LogP contribution in [0.2, 0.25) is 0 Å². The van der Waals surface area contributed by atoms with E-state index in [4.69, 9.17) is 14.2 Å². The van der Waals surface area contributed by atoms with Gasteiger partial charge in [0, 0.05) is 19.6 Å². The lowest BCUT2D eigenvalue weighted by Crippen LogP contribution is -2.40. The zero-order valence-electron chi connectivity index (χ0n) is 15.7. The van der Waals surface area contributed by atoms with Crippen LogP contribution in [0.1, 0.15) is 17.5 Å². The van der Waals surface area contributed by atoms with Gasteiger partial charge in [0.1, 0.15) is 18.1 Å². The number of hydrogen-bond acceptors (Lipinski definition) is 5. The Hall–Kier alpha value is -2.73. The molecule has 0 radical (unpaired) electrons. The highest BCUT2D eigenvalue weighted by Gasteiger charge is 2.37. The lowest BCUT2D eigenvalue weighted by Gasteiger charge is -2.32. The van der Waals surface area contributed by atoms with E-state index in [1.54, 1.807) is 19.1 Å². The van der Waals surface area contributed by atoms with Crippen LogP contribution in [0, 0.1) is 0 Å². The summed E-state index contributed by atoms with van der Waals surface area (Å²) in [5.41, 5.74) is 3.19. The maximum absolute atomic E-state index is 12.3. The largest absolute Gasteiger partial charge is 0.497 e. The lowest BCUT2D eigenvalue weighted by molar-refractivity contribution is 0.177. The fourth-order valence-electron chi connectivity index (χ4n) is 3.83. The molecule has 4 rings (SSSR count). The second kappa shape index (κ2) is 7.48. The molecule has 1 saturated heterocycles. The number of nitrogens with zero attached hydrogens (tertiary/aromatic N) is 2. The van der Waals surface area contributed by atoms with Crippen molar-refractivity contribution in [1.82, 2.24) is 4.90 Å². The molecule has 2 aliphatic heterocycles. The standard InChI is InChI=1S/C21H24N2O4/c1-25-18-5-3-4-15(10-18)12-22-9-8-17-14-27-21(24)23(17)20-7-6-19(26-2)11-16(20)13-22/h3-7,10-11,17H,8-9,12-14H2,1-2H3. The maximum atomic E-state index is 12.3. The Balaban J connectivity index is 1.65. The van der Waals surface area contributed by atoms with Gasteiger partial charge in [0.25, 0.3) is 0 Å². The van der Waals surface area contributed by atoms with Gasteiger partial charge in [-0.3, -0.25) is 9.80 Å². The zero-order valence-corrected chi connectivity index (χ0v) is 15.7. The molecule has 0 N–H and O–H groups in total. The second-order valence-corrected chi connectivity index (χ2v) is 6.95. The van der Waals surface area contributed by atoms with Gasteiger partial charge in [-0.1, -0.05) is 12.1 Å². The summed E-state index contributed by atoms with van der Waals surface area (Å²) in [6.07, 6.45) is 0.619. The van der Waals surface area contributed by atoms with Crippen LogP contribution < -0.4 is 14.4 Å². The Bertz CT molecular complexity index is 839. The number of anilines is 1. The van der Waals surface area contributed by atoms with Crippen molar-refractivity contribution >= 4 is 11.8 Å². The number of carbonyl (C=O) groups is 1. The molecule has 142 valence electrons. The fourth-order valence-corrected chi connectivity index (χ4v) is 3.83. The van der Waals surface area contributed by atoms with Crippen molar-refractivity contribution in [3.8, 4) is 11.5 Å². The molecule has 1 atom stereocenters. The van der Waals surface area contributed by atoms with Gasteiger partial charge in [-0.15, -0.1) is 0 Å². The third-order valence-corrected chi connectivity index (χ3v) is 5.22. The molecule has 2 heterocycles. The SMILES string of the molecule is COc1cccc(CN2CCC3COC(=O)N3c3ccc(OC)cc3C2)c1. The molecule has 1 unspecified atom stereocenters. The number of benzene rings is 2. The van der Waals surface area contributed by atoms with E-state index in [0.29, 0.717) is 6.61 Å². The zero-order chi connectivity index (χ0) is 18.8. The molecule has 0 aromatic heterocycles. The van der Waals surface area contributed by atoms with Crippen LogP contribution in [0.25, 0.3) is 0 Å². The topological polar surface area (TPSA) is 51.2 Å². The average molecular weight is 368 g/mol. The Morgan fingerprint density at radius 3 is 2.74 bits per heavy atom. The third kappa shape index (κ3) is 3.57. The molecule has 6 heteroatoms. The Morgan fingerprint density at radius 2 is 1.93 bits per heavy atom. The molecule has 1 fully saturated rings. The van der Waals surface area contributed by atoms with Gasteiger partial charge < -0.3 is 14.2 Å². The summed E-state index contributed by atoms with van der Waals surface area (Å²) >= 11 is 0. The molecule has 0 bridgehead atoms. The Labute approximate surface area is 159 Å². The first kappa shape index (κ1) is 17.7. The first-order chi connectivity index (χ1) is 13.2. The summed E-state index contributed by atoms with van der Waals surface area (Å²) in [6, 6.07) is 14.1. The molecule has 0 aliphatic carbocycles. The Kier molecular flexibility index (Phi) is 4.90. The van der Waals surface area contributed by atoms with E-state index in [0.717, 1.165) is 48.8 Å². The molecule has 27 heavy (non-hydrogen) atoms. The number of ether oxygens (including phenoxy) is 3. The molecule has 0 spiro atoms.